The maximum atomic E-state index is 13.3. The van der Waals surface area contributed by atoms with Crippen molar-refractivity contribution >= 4 is 5.91 Å². The van der Waals surface area contributed by atoms with Crippen LogP contribution >= 0.6 is 0 Å². The summed E-state index contributed by atoms with van der Waals surface area (Å²) in [5, 5.41) is 34.8. The third-order valence-electron chi connectivity index (χ3n) is 6.89. The Morgan fingerprint density at radius 1 is 1.06 bits per heavy atom. The average molecular weight is 448 g/mol. The van der Waals surface area contributed by atoms with Gasteiger partial charge < -0.3 is 20.2 Å². The molecule has 1 amide bonds. The number of benzene rings is 2. The highest BCUT2D eigenvalue weighted by Gasteiger charge is 2.44. The summed E-state index contributed by atoms with van der Waals surface area (Å²) in [5.74, 6) is -0.655. The van der Waals surface area contributed by atoms with Crippen LogP contribution in [0.1, 0.15) is 47.7 Å². The van der Waals surface area contributed by atoms with Crippen molar-refractivity contribution in [1.29, 1.82) is 0 Å². The summed E-state index contributed by atoms with van der Waals surface area (Å²) < 4.78 is 0. The van der Waals surface area contributed by atoms with E-state index in [4.69, 9.17) is 0 Å². The van der Waals surface area contributed by atoms with Crippen LogP contribution in [0.4, 0.5) is 0 Å². The van der Waals surface area contributed by atoms with Crippen molar-refractivity contribution in [2.75, 3.05) is 6.67 Å². The summed E-state index contributed by atoms with van der Waals surface area (Å²) in [6.07, 6.45) is 3.59. The summed E-state index contributed by atoms with van der Waals surface area (Å²) in [4.78, 5) is 15.0. The van der Waals surface area contributed by atoms with E-state index in [-0.39, 0.29) is 36.1 Å². The number of aryl methyl sites for hydroxylation is 1. The molecule has 3 aliphatic rings. The summed E-state index contributed by atoms with van der Waals surface area (Å²) in [5.41, 5.74) is 5.51. The fourth-order valence-electron chi connectivity index (χ4n) is 5.18. The van der Waals surface area contributed by atoms with E-state index in [0.717, 1.165) is 35.1 Å². The van der Waals surface area contributed by atoms with Crippen LogP contribution in [0.3, 0.4) is 0 Å². The molecule has 7 nitrogen and oxygen atoms in total. The number of amides is 1. The molecule has 5 rings (SSSR count). The normalized spacial score (nSPS) is 22.9. The molecule has 0 aromatic heterocycles. The quantitative estimate of drug-likeness (QED) is 0.671. The molecule has 2 atom stereocenters. The fourth-order valence-corrected chi connectivity index (χ4v) is 5.18. The van der Waals surface area contributed by atoms with Crippen LogP contribution < -0.4 is 0 Å². The lowest BCUT2D eigenvalue weighted by atomic mass is 9.91. The Kier molecular flexibility index (Phi) is 5.48. The number of nitrogens with zero attached hydrogens (tertiary/aromatic N) is 3. The van der Waals surface area contributed by atoms with Gasteiger partial charge in [-0.05, 0) is 60.6 Å². The van der Waals surface area contributed by atoms with E-state index in [1.165, 1.54) is 11.6 Å². The molecule has 0 saturated carbocycles. The molecular weight excluding hydrogens is 418 g/mol. The van der Waals surface area contributed by atoms with Crippen molar-refractivity contribution in [2.24, 2.45) is 0 Å². The van der Waals surface area contributed by atoms with E-state index < -0.39 is 6.10 Å². The van der Waals surface area contributed by atoms with E-state index >= 15 is 0 Å². The minimum Gasteiger partial charge on any atom is -0.507 e. The summed E-state index contributed by atoms with van der Waals surface area (Å²) in [6, 6.07) is 14.0. The summed E-state index contributed by atoms with van der Waals surface area (Å²) in [7, 11) is 0. The third kappa shape index (κ3) is 3.44. The summed E-state index contributed by atoms with van der Waals surface area (Å²) in [6.45, 7) is 4.16. The van der Waals surface area contributed by atoms with E-state index in [2.05, 4.69) is 23.2 Å². The SMILES string of the molecule is CC(C)N1CN(C2c3ccccc3CCc3c(CO)cccc32)N2C=CC(O)C(O)=C2C1=O. The molecule has 7 heteroatoms. The van der Waals surface area contributed by atoms with Gasteiger partial charge in [-0.1, -0.05) is 42.5 Å². The van der Waals surface area contributed by atoms with Gasteiger partial charge in [-0.25, -0.2) is 0 Å². The number of carbonyl (C=O) groups is 1. The number of fused-ring (bicyclic) bond motifs is 3. The third-order valence-corrected chi connectivity index (χ3v) is 6.89. The van der Waals surface area contributed by atoms with Gasteiger partial charge in [-0.3, -0.25) is 9.80 Å². The lowest BCUT2D eigenvalue weighted by Crippen LogP contribution is -2.60. The van der Waals surface area contributed by atoms with Gasteiger partial charge in [0.15, 0.2) is 11.5 Å². The molecule has 2 aromatic carbocycles. The van der Waals surface area contributed by atoms with Crippen LogP contribution in [-0.2, 0) is 24.2 Å². The Labute approximate surface area is 193 Å². The van der Waals surface area contributed by atoms with E-state index in [0.29, 0.717) is 6.67 Å². The molecule has 172 valence electrons. The lowest BCUT2D eigenvalue weighted by molar-refractivity contribution is -0.153. The van der Waals surface area contributed by atoms with Gasteiger partial charge in [0.25, 0.3) is 5.91 Å². The molecule has 0 bridgehead atoms. The second kappa shape index (κ2) is 8.33. The molecule has 0 spiro atoms. The van der Waals surface area contributed by atoms with Crippen LogP contribution in [0.15, 0.2) is 66.2 Å². The number of rotatable bonds is 3. The van der Waals surface area contributed by atoms with Crippen LogP contribution in [-0.4, -0.2) is 55.0 Å². The second-order valence-electron chi connectivity index (χ2n) is 9.06. The van der Waals surface area contributed by atoms with Crippen LogP contribution in [0, 0.1) is 0 Å². The first kappa shape index (κ1) is 21.7. The molecule has 0 radical (unpaired) electrons. The van der Waals surface area contributed by atoms with E-state index in [1.807, 2.05) is 38.1 Å². The Balaban J connectivity index is 1.74. The summed E-state index contributed by atoms with van der Waals surface area (Å²) >= 11 is 0. The number of aliphatic hydroxyl groups is 3. The molecule has 2 aromatic rings. The minimum atomic E-state index is -1.22. The fraction of sp³-hybridized carbons (Fsp3) is 0.346. The zero-order chi connectivity index (χ0) is 23.3. The molecule has 2 aliphatic heterocycles. The second-order valence-corrected chi connectivity index (χ2v) is 9.06. The number of carbonyl (C=O) groups excluding carboxylic acids is 1. The number of hydrazine groups is 1. The first-order valence-electron chi connectivity index (χ1n) is 11.4. The highest BCUT2D eigenvalue weighted by molar-refractivity contribution is 5.94. The smallest absolute Gasteiger partial charge is 0.276 e. The Morgan fingerprint density at radius 3 is 2.58 bits per heavy atom. The zero-order valence-electron chi connectivity index (χ0n) is 18.8. The first-order valence-corrected chi connectivity index (χ1v) is 11.4. The number of hydrogen-bond donors (Lipinski definition) is 3. The maximum absolute atomic E-state index is 13.3. The monoisotopic (exact) mass is 447 g/mol. The molecular formula is C26H29N3O4. The molecule has 2 unspecified atom stereocenters. The average Bonchev–Trinajstić information content (AvgIpc) is 2.98. The highest BCUT2D eigenvalue weighted by Crippen LogP contribution is 2.42. The largest absolute Gasteiger partial charge is 0.507 e. The van der Waals surface area contributed by atoms with Gasteiger partial charge in [0.1, 0.15) is 6.10 Å². The van der Waals surface area contributed by atoms with Crippen molar-refractivity contribution in [3.05, 3.63) is 94.0 Å². The maximum Gasteiger partial charge on any atom is 0.276 e. The van der Waals surface area contributed by atoms with Crippen molar-refractivity contribution in [3.63, 3.8) is 0 Å². The zero-order valence-corrected chi connectivity index (χ0v) is 18.8. The first-order chi connectivity index (χ1) is 15.9. The van der Waals surface area contributed by atoms with Gasteiger partial charge >= 0.3 is 0 Å². The predicted octanol–water partition coefficient (Wildman–Crippen LogP) is 2.75. The van der Waals surface area contributed by atoms with Gasteiger partial charge in [0.2, 0.25) is 0 Å². The number of hydrogen-bond acceptors (Lipinski definition) is 6. The van der Waals surface area contributed by atoms with E-state index in [9.17, 15) is 20.1 Å². The molecule has 1 aliphatic carbocycles. The topological polar surface area (TPSA) is 87.5 Å². The van der Waals surface area contributed by atoms with Crippen molar-refractivity contribution in [3.8, 4) is 0 Å². The Morgan fingerprint density at radius 2 is 1.82 bits per heavy atom. The Hall–Kier alpha value is -3.13. The predicted molar refractivity (Wildman–Crippen MR) is 123 cm³/mol. The van der Waals surface area contributed by atoms with Gasteiger partial charge in [0.05, 0.1) is 19.3 Å². The minimum absolute atomic E-state index is 0.0371. The van der Waals surface area contributed by atoms with Crippen LogP contribution in [0.2, 0.25) is 0 Å². The highest BCUT2D eigenvalue weighted by atomic mass is 16.3. The molecule has 1 fully saturated rings. The molecule has 1 saturated heterocycles. The van der Waals surface area contributed by atoms with Crippen molar-refractivity contribution in [2.45, 2.75) is 51.5 Å². The van der Waals surface area contributed by atoms with Gasteiger partial charge in [-0.15, -0.1) is 0 Å². The standard InChI is InChI=1S/C26H29N3O4/c1-16(2)27-15-29(28-13-12-22(31)25(32)24(28)26(27)33)23-20-8-4-3-6-17(20)10-11-19-18(14-30)7-5-9-21(19)23/h3-9,12-13,16,22-23,30-32H,10-11,14-15H2,1-2H3. The van der Waals surface area contributed by atoms with E-state index in [1.54, 1.807) is 16.1 Å². The van der Waals surface area contributed by atoms with Gasteiger partial charge in [-0.2, -0.15) is 5.01 Å². The number of aliphatic hydroxyl groups excluding tert-OH is 3. The van der Waals surface area contributed by atoms with Crippen LogP contribution in [0.25, 0.3) is 0 Å². The molecule has 33 heavy (non-hydrogen) atoms. The van der Waals surface area contributed by atoms with Crippen LogP contribution in [0.5, 0.6) is 0 Å². The van der Waals surface area contributed by atoms with Gasteiger partial charge in [0, 0.05) is 12.2 Å². The van der Waals surface area contributed by atoms with Crippen molar-refractivity contribution < 1.29 is 20.1 Å². The molecule has 2 heterocycles. The molecule has 3 N–H and O–H groups in total. The Bertz CT molecular complexity index is 1160. The lowest BCUT2D eigenvalue weighted by Gasteiger charge is -2.50. The van der Waals surface area contributed by atoms with Crippen molar-refractivity contribution in [1.82, 2.24) is 14.9 Å².